The Morgan fingerprint density at radius 2 is 1.32 bits per heavy atom. The molecule has 1 aliphatic heterocycles. The summed E-state index contributed by atoms with van der Waals surface area (Å²) in [6.07, 6.45) is 0.728. The van der Waals surface area contributed by atoms with E-state index < -0.39 is 0 Å². The normalized spacial score (nSPS) is 14.9. The van der Waals surface area contributed by atoms with E-state index >= 15 is 0 Å². The van der Waals surface area contributed by atoms with E-state index in [1.165, 1.54) is 0 Å². The van der Waals surface area contributed by atoms with Crippen molar-refractivity contribution in [1.82, 2.24) is 4.90 Å². The van der Waals surface area contributed by atoms with E-state index in [-0.39, 0.29) is 11.9 Å². The van der Waals surface area contributed by atoms with E-state index in [1.54, 1.807) is 42.5 Å². The first-order valence-corrected chi connectivity index (χ1v) is 12.1. The molecule has 1 unspecified atom stereocenters. The Labute approximate surface area is 216 Å². The summed E-state index contributed by atoms with van der Waals surface area (Å²) in [5, 5.41) is 4.01. The zero-order chi connectivity index (χ0) is 26.3. The summed E-state index contributed by atoms with van der Waals surface area (Å²) in [4.78, 5) is 14.9. The van der Waals surface area contributed by atoms with Crippen molar-refractivity contribution in [2.24, 2.45) is 0 Å². The number of rotatable bonds is 6. The molecule has 0 fully saturated rings. The number of carbonyl (C=O) groups is 1. The lowest BCUT2D eigenvalue weighted by atomic mass is 9.84. The molecule has 1 heterocycles. The molecule has 0 aliphatic carbocycles. The highest BCUT2D eigenvalue weighted by molar-refractivity contribution is 6.11. The van der Waals surface area contributed by atoms with Crippen molar-refractivity contribution >= 4 is 27.5 Å². The Morgan fingerprint density at radius 1 is 0.703 bits per heavy atom. The molecular weight excluding hydrogens is 470 g/mol. The van der Waals surface area contributed by atoms with Crippen LogP contribution in [0.1, 0.15) is 29.7 Å². The van der Waals surface area contributed by atoms with Crippen LogP contribution in [-0.4, -0.2) is 52.9 Å². The molecule has 1 aliphatic rings. The van der Waals surface area contributed by atoms with Crippen molar-refractivity contribution < 1.29 is 28.5 Å². The molecule has 37 heavy (non-hydrogen) atoms. The quantitative estimate of drug-likeness (QED) is 0.324. The molecule has 1 amide bonds. The molecule has 0 saturated carbocycles. The molecule has 0 radical (unpaired) electrons. The summed E-state index contributed by atoms with van der Waals surface area (Å²) in [5.41, 5.74) is 3.14. The minimum atomic E-state index is -0.326. The standard InChI is InChI=1S/C30H31NO6/c1-17(32)31-10-9-19-12-26(34-3)27(35-4)14-22(19)30(31)25-11-18-7-8-20(33-2)13-21(18)23-15-28(36-5)29(37-6)16-24(23)25/h7-8,11-16,30H,9-10H2,1-6H3. The highest BCUT2D eigenvalue weighted by Gasteiger charge is 2.33. The number of benzene rings is 4. The molecule has 7 heteroatoms. The second-order valence-electron chi connectivity index (χ2n) is 9.08. The van der Waals surface area contributed by atoms with Gasteiger partial charge in [-0.15, -0.1) is 0 Å². The zero-order valence-corrected chi connectivity index (χ0v) is 22.0. The number of methoxy groups -OCH3 is 5. The first kappa shape index (κ1) is 24.6. The summed E-state index contributed by atoms with van der Waals surface area (Å²) in [5.74, 6) is 3.34. The number of nitrogens with zero attached hydrogens (tertiary/aromatic N) is 1. The first-order chi connectivity index (χ1) is 17.9. The van der Waals surface area contributed by atoms with Crippen molar-refractivity contribution in [3.63, 3.8) is 0 Å². The van der Waals surface area contributed by atoms with Crippen LogP contribution in [0.3, 0.4) is 0 Å². The summed E-state index contributed by atoms with van der Waals surface area (Å²) in [6, 6.07) is 15.9. The maximum absolute atomic E-state index is 13.0. The fourth-order valence-electron chi connectivity index (χ4n) is 5.45. The van der Waals surface area contributed by atoms with Gasteiger partial charge < -0.3 is 28.6 Å². The van der Waals surface area contributed by atoms with Gasteiger partial charge in [0.2, 0.25) is 5.91 Å². The third-order valence-corrected chi connectivity index (χ3v) is 7.27. The topological polar surface area (TPSA) is 66.5 Å². The van der Waals surface area contributed by atoms with Gasteiger partial charge in [0.15, 0.2) is 23.0 Å². The number of amides is 1. The summed E-state index contributed by atoms with van der Waals surface area (Å²) < 4.78 is 28.1. The molecule has 7 nitrogen and oxygen atoms in total. The van der Waals surface area contributed by atoms with Crippen molar-refractivity contribution in [2.45, 2.75) is 19.4 Å². The minimum Gasteiger partial charge on any atom is -0.497 e. The van der Waals surface area contributed by atoms with Gasteiger partial charge in [-0.25, -0.2) is 0 Å². The first-order valence-electron chi connectivity index (χ1n) is 12.1. The molecule has 0 aromatic heterocycles. The number of carbonyl (C=O) groups excluding carboxylic acids is 1. The lowest BCUT2D eigenvalue weighted by molar-refractivity contribution is -0.130. The predicted molar refractivity (Wildman–Crippen MR) is 144 cm³/mol. The van der Waals surface area contributed by atoms with Crippen LogP contribution in [0, 0.1) is 0 Å². The van der Waals surface area contributed by atoms with Crippen LogP contribution in [0.5, 0.6) is 28.7 Å². The van der Waals surface area contributed by atoms with Crippen LogP contribution in [0.15, 0.2) is 48.5 Å². The Balaban J connectivity index is 1.89. The van der Waals surface area contributed by atoms with Gasteiger partial charge in [-0.3, -0.25) is 4.79 Å². The van der Waals surface area contributed by atoms with E-state index in [0.717, 1.165) is 50.4 Å². The van der Waals surface area contributed by atoms with E-state index in [2.05, 4.69) is 6.07 Å². The fourth-order valence-corrected chi connectivity index (χ4v) is 5.45. The zero-order valence-electron chi connectivity index (χ0n) is 22.0. The van der Waals surface area contributed by atoms with Crippen LogP contribution < -0.4 is 23.7 Å². The number of ether oxygens (including phenoxy) is 5. The van der Waals surface area contributed by atoms with Gasteiger partial charge in [-0.2, -0.15) is 0 Å². The SMILES string of the molecule is COc1ccc2cc(C3c4cc(OC)c(OC)cc4CCN3C(C)=O)c3cc(OC)c(OC)cc3c2c1. The van der Waals surface area contributed by atoms with E-state index in [0.29, 0.717) is 29.5 Å². The van der Waals surface area contributed by atoms with E-state index in [4.69, 9.17) is 23.7 Å². The van der Waals surface area contributed by atoms with Crippen molar-refractivity contribution in [3.05, 3.63) is 65.2 Å². The second-order valence-corrected chi connectivity index (χ2v) is 9.08. The molecule has 1 atom stereocenters. The molecule has 192 valence electrons. The van der Waals surface area contributed by atoms with Gasteiger partial charge in [-0.1, -0.05) is 6.07 Å². The molecular formula is C30H31NO6. The summed E-state index contributed by atoms with van der Waals surface area (Å²) in [7, 11) is 8.18. The van der Waals surface area contributed by atoms with Gasteiger partial charge in [0.1, 0.15) is 5.75 Å². The number of hydrogen-bond donors (Lipinski definition) is 0. The number of hydrogen-bond acceptors (Lipinski definition) is 6. The molecule has 4 aromatic carbocycles. The predicted octanol–water partition coefficient (Wildman–Crippen LogP) is 5.53. The van der Waals surface area contributed by atoms with Crippen molar-refractivity contribution in [2.75, 3.05) is 42.1 Å². The lowest BCUT2D eigenvalue weighted by Gasteiger charge is -2.38. The van der Waals surface area contributed by atoms with Crippen LogP contribution in [0.4, 0.5) is 0 Å². The Hall–Kier alpha value is -4.13. The Morgan fingerprint density at radius 3 is 1.95 bits per heavy atom. The van der Waals surface area contributed by atoms with Crippen LogP contribution in [-0.2, 0) is 11.2 Å². The van der Waals surface area contributed by atoms with Gasteiger partial charge in [0.25, 0.3) is 0 Å². The second kappa shape index (κ2) is 9.73. The average Bonchev–Trinajstić information content (AvgIpc) is 2.93. The third-order valence-electron chi connectivity index (χ3n) is 7.27. The highest BCUT2D eigenvalue weighted by Crippen LogP contribution is 2.46. The molecule has 0 N–H and O–H groups in total. The van der Waals surface area contributed by atoms with E-state index in [9.17, 15) is 4.79 Å². The molecule has 0 saturated heterocycles. The lowest BCUT2D eigenvalue weighted by Crippen LogP contribution is -2.39. The highest BCUT2D eigenvalue weighted by atomic mass is 16.5. The monoisotopic (exact) mass is 501 g/mol. The Bertz CT molecular complexity index is 1510. The maximum Gasteiger partial charge on any atom is 0.220 e. The Kier molecular flexibility index (Phi) is 6.46. The largest absolute Gasteiger partial charge is 0.497 e. The van der Waals surface area contributed by atoms with Crippen molar-refractivity contribution in [3.8, 4) is 28.7 Å². The van der Waals surface area contributed by atoms with Gasteiger partial charge in [0, 0.05) is 13.5 Å². The molecule has 0 bridgehead atoms. The molecule has 4 aromatic rings. The smallest absolute Gasteiger partial charge is 0.220 e. The minimum absolute atomic E-state index is 0.00823. The van der Waals surface area contributed by atoms with Gasteiger partial charge in [-0.05, 0) is 87.1 Å². The maximum atomic E-state index is 13.0. The van der Waals surface area contributed by atoms with Crippen LogP contribution in [0.25, 0.3) is 21.5 Å². The fraction of sp³-hybridized carbons (Fsp3) is 0.300. The van der Waals surface area contributed by atoms with Crippen LogP contribution in [0.2, 0.25) is 0 Å². The van der Waals surface area contributed by atoms with Gasteiger partial charge >= 0.3 is 0 Å². The third kappa shape index (κ3) is 4.04. The molecule has 0 spiro atoms. The van der Waals surface area contributed by atoms with Crippen LogP contribution >= 0.6 is 0 Å². The average molecular weight is 502 g/mol. The summed E-state index contributed by atoms with van der Waals surface area (Å²) in [6.45, 7) is 2.22. The van der Waals surface area contributed by atoms with Gasteiger partial charge in [0.05, 0.1) is 41.6 Å². The summed E-state index contributed by atoms with van der Waals surface area (Å²) >= 11 is 0. The van der Waals surface area contributed by atoms with Crippen molar-refractivity contribution in [1.29, 1.82) is 0 Å². The molecule has 5 rings (SSSR count). The van der Waals surface area contributed by atoms with E-state index in [1.807, 2.05) is 47.4 Å². The number of fused-ring (bicyclic) bond motifs is 4.